The topological polar surface area (TPSA) is 38.0 Å². The van der Waals surface area contributed by atoms with Crippen LogP contribution in [0.5, 0.6) is 0 Å². The van der Waals surface area contributed by atoms with Crippen LogP contribution in [0, 0.1) is 32.4 Å². The van der Waals surface area contributed by atoms with Crippen LogP contribution in [0.15, 0.2) is 18.2 Å². The van der Waals surface area contributed by atoms with Gasteiger partial charge in [-0.2, -0.15) is 5.10 Å². The molecular weight excluding hydrogens is 250 g/mol. The molecule has 2 aromatic rings. The van der Waals surface area contributed by atoms with E-state index < -0.39 is 17.7 Å². The van der Waals surface area contributed by atoms with E-state index >= 15 is 0 Å². The lowest BCUT2D eigenvalue weighted by Gasteiger charge is -2.13. The Balaban J connectivity index is 2.22. The van der Waals surface area contributed by atoms with Gasteiger partial charge in [0, 0.05) is 5.69 Å². The lowest BCUT2D eigenvalue weighted by Crippen LogP contribution is -2.12. The van der Waals surface area contributed by atoms with Gasteiger partial charge in [0.05, 0.1) is 18.3 Å². The molecule has 0 spiro atoms. The minimum absolute atomic E-state index is 0.214. The molecule has 1 aromatic heterocycles. The molecule has 2 rings (SSSR count). The Bertz CT molecular complexity index is 608. The number of nitrogens with zero attached hydrogens (tertiary/aromatic N) is 2. The predicted molar refractivity (Wildman–Crippen MR) is 67.8 cm³/mol. The number of aliphatic hydroxyl groups excluding tert-OH is 1. The van der Waals surface area contributed by atoms with E-state index in [4.69, 9.17) is 0 Å². The lowest BCUT2D eigenvalue weighted by atomic mass is 10.1. The first-order valence-electron chi connectivity index (χ1n) is 6.03. The first-order valence-corrected chi connectivity index (χ1v) is 6.03. The third-order valence-corrected chi connectivity index (χ3v) is 3.42. The first kappa shape index (κ1) is 13.7. The summed E-state index contributed by atoms with van der Waals surface area (Å²) >= 11 is 0. The van der Waals surface area contributed by atoms with Gasteiger partial charge in [-0.25, -0.2) is 8.78 Å². The van der Waals surface area contributed by atoms with Crippen LogP contribution >= 0.6 is 0 Å². The molecule has 0 aliphatic carbocycles. The van der Waals surface area contributed by atoms with Gasteiger partial charge in [0.25, 0.3) is 0 Å². The minimum Gasteiger partial charge on any atom is -0.386 e. The molecule has 3 nitrogen and oxygen atoms in total. The molecule has 1 atom stereocenters. The number of aliphatic hydroxyl groups is 1. The van der Waals surface area contributed by atoms with E-state index in [-0.39, 0.29) is 6.54 Å². The molecule has 0 aliphatic heterocycles. The van der Waals surface area contributed by atoms with Crippen molar-refractivity contribution in [3.63, 3.8) is 0 Å². The van der Waals surface area contributed by atoms with Crippen molar-refractivity contribution in [2.45, 2.75) is 33.4 Å². The number of hydrogen-bond acceptors (Lipinski definition) is 2. The molecular formula is C14H16F2N2O. The fraction of sp³-hybridized carbons (Fsp3) is 0.357. The van der Waals surface area contributed by atoms with E-state index in [0.29, 0.717) is 5.56 Å². The SMILES string of the molecule is Cc1nn(C[C@@H](O)c2ccc(F)c(F)c2)c(C)c1C. The fourth-order valence-electron chi connectivity index (χ4n) is 1.95. The van der Waals surface area contributed by atoms with Crippen LogP contribution in [0.25, 0.3) is 0 Å². The van der Waals surface area contributed by atoms with E-state index in [1.165, 1.54) is 6.07 Å². The predicted octanol–water partition coefficient (Wildman–Crippen LogP) is 2.82. The van der Waals surface area contributed by atoms with Gasteiger partial charge < -0.3 is 5.11 Å². The van der Waals surface area contributed by atoms with Gasteiger partial charge in [-0.05, 0) is 44.0 Å². The average Bonchev–Trinajstić information content (AvgIpc) is 2.60. The summed E-state index contributed by atoms with van der Waals surface area (Å²) in [5.74, 6) is -1.88. The van der Waals surface area contributed by atoms with Gasteiger partial charge in [-0.1, -0.05) is 6.07 Å². The van der Waals surface area contributed by atoms with E-state index in [0.717, 1.165) is 29.1 Å². The zero-order chi connectivity index (χ0) is 14.2. The van der Waals surface area contributed by atoms with Crippen LogP contribution in [-0.2, 0) is 6.54 Å². The van der Waals surface area contributed by atoms with Crippen LogP contribution in [0.3, 0.4) is 0 Å². The summed E-state index contributed by atoms with van der Waals surface area (Å²) in [6.45, 7) is 5.97. The highest BCUT2D eigenvalue weighted by Gasteiger charge is 2.14. The van der Waals surface area contributed by atoms with E-state index in [9.17, 15) is 13.9 Å². The maximum Gasteiger partial charge on any atom is 0.159 e. The quantitative estimate of drug-likeness (QED) is 0.927. The monoisotopic (exact) mass is 266 g/mol. The smallest absolute Gasteiger partial charge is 0.159 e. The second-order valence-electron chi connectivity index (χ2n) is 4.67. The van der Waals surface area contributed by atoms with Crippen molar-refractivity contribution < 1.29 is 13.9 Å². The molecule has 1 N–H and O–H groups in total. The molecule has 0 amide bonds. The summed E-state index contributed by atoms with van der Waals surface area (Å²) in [4.78, 5) is 0. The van der Waals surface area contributed by atoms with Crippen molar-refractivity contribution in [1.29, 1.82) is 0 Å². The Morgan fingerprint density at radius 2 is 1.89 bits per heavy atom. The van der Waals surface area contributed by atoms with Crippen LogP contribution < -0.4 is 0 Å². The van der Waals surface area contributed by atoms with Crippen molar-refractivity contribution in [3.8, 4) is 0 Å². The van der Waals surface area contributed by atoms with Gasteiger partial charge in [0.2, 0.25) is 0 Å². The molecule has 1 heterocycles. The summed E-state index contributed by atoms with van der Waals surface area (Å²) in [5, 5.41) is 14.4. The molecule has 19 heavy (non-hydrogen) atoms. The third-order valence-electron chi connectivity index (χ3n) is 3.42. The zero-order valence-corrected chi connectivity index (χ0v) is 11.1. The molecule has 0 saturated carbocycles. The standard InChI is InChI=1S/C14H16F2N2O/c1-8-9(2)17-18(10(8)3)7-14(19)11-4-5-12(15)13(16)6-11/h4-6,14,19H,7H2,1-3H3/t14-/m1/s1. The number of rotatable bonds is 3. The van der Waals surface area contributed by atoms with Crippen molar-refractivity contribution in [1.82, 2.24) is 9.78 Å². The van der Waals surface area contributed by atoms with Crippen LogP contribution in [-0.4, -0.2) is 14.9 Å². The molecule has 0 saturated heterocycles. The van der Waals surface area contributed by atoms with E-state index in [1.807, 2.05) is 20.8 Å². The fourth-order valence-corrected chi connectivity index (χ4v) is 1.95. The van der Waals surface area contributed by atoms with Gasteiger partial charge >= 0.3 is 0 Å². The Hall–Kier alpha value is -1.75. The molecule has 0 aliphatic rings. The second-order valence-corrected chi connectivity index (χ2v) is 4.67. The number of aromatic nitrogens is 2. The minimum atomic E-state index is -0.957. The summed E-state index contributed by atoms with van der Waals surface area (Å²) in [6.07, 6.45) is -0.924. The average molecular weight is 266 g/mol. The Morgan fingerprint density at radius 1 is 1.21 bits per heavy atom. The number of aryl methyl sites for hydroxylation is 1. The van der Waals surface area contributed by atoms with Crippen LogP contribution in [0.2, 0.25) is 0 Å². The first-order chi connectivity index (χ1) is 8.90. The van der Waals surface area contributed by atoms with Crippen molar-refractivity contribution in [3.05, 3.63) is 52.3 Å². The van der Waals surface area contributed by atoms with Gasteiger partial charge in [0.1, 0.15) is 0 Å². The molecule has 0 radical (unpaired) electrons. The highest BCUT2D eigenvalue weighted by Crippen LogP contribution is 2.20. The van der Waals surface area contributed by atoms with Gasteiger partial charge in [-0.3, -0.25) is 4.68 Å². The highest BCUT2D eigenvalue weighted by atomic mass is 19.2. The summed E-state index contributed by atoms with van der Waals surface area (Å²) in [6, 6.07) is 3.40. The van der Waals surface area contributed by atoms with Crippen LogP contribution in [0.1, 0.15) is 28.6 Å². The van der Waals surface area contributed by atoms with Crippen molar-refractivity contribution in [2.75, 3.05) is 0 Å². The van der Waals surface area contributed by atoms with Gasteiger partial charge in [-0.15, -0.1) is 0 Å². The lowest BCUT2D eigenvalue weighted by molar-refractivity contribution is 0.150. The normalized spacial score (nSPS) is 12.7. The maximum atomic E-state index is 13.1. The number of benzene rings is 1. The van der Waals surface area contributed by atoms with Crippen molar-refractivity contribution in [2.24, 2.45) is 0 Å². The largest absolute Gasteiger partial charge is 0.386 e. The molecule has 0 bridgehead atoms. The molecule has 5 heteroatoms. The Morgan fingerprint density at radius 3 is 2.42 bits per heavy atom. The zero-order valence-electron chi connectivity index (χ0n) is 11.1. The highest BCUT2D eigenvalue weighted by molar-refractivity contribution is 5.23. The second kappa shape index (κ2) is 5.09. The summed E-state index contributed by atoms with van der Waals surface area (Å²) in [7, 11) is 0. The van der Waals surface area contributed by atoms with E-state index in [1.54, 1.807) is 4.68 Å². The molecule has 102 valence electrons. The van der Waals surface area contributed by atoms with Gasteiger partial charge in [0.15, 0.2) is 11.6 Å². The van der Waals surface area contributed by atoms with Crippen LogP contribution in [0.4, 0.5) is 8.78 Å². The number of hydrogen-bond donors (Lipinski definition) is 1. The number of halogens is 2. The van der Waals surface area contributed by atoms with E-state index in [2.05, 4.69) is 5.10 Å². The Kier molecular flexibility index (Phi) is 3.66. The third kappa shape index (κ3) is 2.66. The molecule has 0 unspecified atom stereocenters. The van der Waals surface area contributed by atoms with Crippen molar-refractivity contribution >= 4 is 0 Å². The maximum absolute atomic E-state index is 13.1. The summed E-state index contributed by atoms with van der Waals surface area (Å²) < 4.78 is 27.6. The molecule has 0 fully saturated rings. The Labute approximate surface area is 110 Å². The summed E-state index contributed by atoms with van der Waals surface area (Å²) in [5.41, 5.74) is 3.26. The molecule has 1 aromatic carbocycles.